The molecule has 0 bridgehead atoms. The van der Waals surface area contributed by atoms with E-state index < -0.39 is 0 Å². The number of aromatic nitrogens is 1. The second kappa shape index (κ2) is 9.27. The molecule has 1 heterocycles. The summed E-state index contributed by atoms with van der Waals surface area (Å²) in [5.74, 6) is -0.0930. The molecule has 0 aliphatic heterocycles. The van der Waals surface area contributed by atoms with Crippen LogP contribution in [0.5, 0.6) is 0 Å². The highest BCUT2D eigenvalue weighted by Gasteiger charge is 2.23. The molecule has 1 fully saturated rings. The van der Waals surface area contributed by atoms with Gasteiger partial charge in [-0.05, 0) is 74.2 Å². The fourth-order valence-corrected chi connectivity index (χ4v) is 3.83. The molecule has 1 aliphatic carbocycles. The molecule has 1 aliphatic rings. The number of aryl methyl sites for hydroxylation is 1. The molecule has 164 valence electrons. The second-order valence-electron chi connectivity index (χ2n) is 8.47. The molecule has 5 heteroatoms. The van der Waals surface area contributed by atoms with Gasteiger partial charge in [0.1, 0.15) is 0 Å². The van der Waals surface area contributed by atoms with Crippen LogP contribution in [0, 0.1) is 13.8 Å². The summed E-state index contributed by atoms with van der Waals surface area (Å²) < 4.78 is 2.19. The van der Waals surface area contributed by atoms with Crippen LogP contribution in [0.2, 0.25) is 0 Å². The third kappa shape index (κ3) is 4.99. The van der Waals surface area contributed by atoms with Crippen LogP contribution in [-0.4, -0.2) is 34.4 Å². The van der Waals surface area contributed by atoms with Crippen molar-refractivity contribution < 1.29 is 9.59 Å². The summed E-state index contributed by atoms with van der Waals surface area (Å²) in [7, 11) is 1.79. The van der Waals surface area contributed by atoms with Crippen LogP contribution in [-0.2, 0) is 11.3 Å². The van der Waals surface area contributed by atoms with Gasteiger partial charge in [0.2, 0.25) is 5.91 Å². The van der Waals surface area contributed by atoms with E-state index in [1.54, 1.807) is 18.0 Å². The molecule has 0 atom stereocenters. The highest BCUT2D eigenvalue weighted by molar-refractivity contribution is 5.94. The van der Waals surface area contributed by atoms with Gasteiger partial charge in [-0.2, -0.15) is 0 Å². The summed E-state index contributed by atoms with van der Waals surface area (Å²) in [5.41, 5.74) is 6.00. The van der Waals surface area contributed by atoms with Gasteiger partial charge in [0, 0.05) is 48.3 Å². The van der Waals surface area contributed by atoms with E-state index in [4.69, 9.17) is 0 Å². The summed E-state index contributed by atoms with van der Waals surface area (Å²) in [4.78, 5) is 26.5. The van der Waals surface area contributed by atoms with Gasteiger partial charge in [0.25, 0.3) is 5.91 Å². The van der Waals surface area contributed by atoms with Crippen LogP contribution >= 0.6 is 0 Å². The van der Waals surface area contributed by atoms with Crippen LogP contribution in [0.3, 0.4) is 0 Å². The molecule has 32 heavy (non-hydrogen) atoms. The number of para-hydroxylation sites is 1. The zero-order valence-corrected chi connectivity index (χ0v) is 18.8. The lowest BCUT2D eigenvalue weighted by Crippen LogP contribution is -2.26. The minimum atomic E-state index is -0.0648. The molecule has 4 rings (SSSR count). The van der Waals surface area contributed by atoms with Crippen molar-refractivity contribution in [2.24, 2.45) is 0 Å². The number of benzene rings is 2. The van der Waals surface area contributed by atoms with E-state index in [-0.39, 0.29) is 11.8 Å². The maximum atomic E-state index is 12.7. The fraction of sp³-hybridized carbons (Fsp3) is 0.259. The number of carbonyl (C=O) groups is 2. The summed E-state index contributed by atoms with van der Waals surface area (Å²) in [6, 6.07) is 20.1. The molecule has 1 saturated carbocycles. The van der Waals surface area contributed by atoms with Gasteiger partial charge >= 0.3 is 0 Å². The first-order valence-electron chi connectivity index (χ1n) is 11.0. The van der Waals surface area contributed by atoms with E-state index in [0.29, 0.717) is 18.2 Å². The highest BCUT2D eigenvalue weighted by atomic mass is 16.2. The van der Waals surface area contributed by atoms with Crippen molar-refractivity contribution in [3.8, 4) is 5.69 Å². The van der Waals surface area contributed by atoms with Gasteiger partial charge in [0.15, 0.2) is 0 Å². The van der Waals surface area contributed by atoms with Gasteiger partial charge in [0.05, 0.1) is 0 Å². The molecule has 1 aromatic heterocycles. The molecule has 2 amide bonds. The van der Waals surface area contributed by atoms with E-state index in [1.807, 2.05) is 48.5 Å². The van der Waals surface area contributed by atoms with Crippen molar-refractivity contribution in [1.29, 1.82) is 0 Å². The third-order valence-electron chi connectivity index (χ3n) is 5.81. The lowest BCUT2D eigenvalue weighted by molar-refractivity contribution is -0.125. The quantitative estimate of drug-likeness (QED) is 0.558. The maximum absolute atomic E-state index is 12.7. The molecule has 3 aromatic rings. The zero-order valence-electron chi connectivity index (χ0n) is 18.8. The standard InChI is InChI=1S/C27H29N3O2/c1-19-17-23(20(2)30(19)25-7-5-4-6-8-25)13-16-26(31)29(3)18-21-9-11-22(12-10-21)27(32)28-24-14-15-24/h4-13,16-17,24H,14-15,18H2,1-3H3,(H,28,32)/b16-13+. The minimum absolute atomic E-state index is 0.0282. The first-order chi connectivity index (χ1) is 15.4. The number of hydrogen-bond acceptors (Lipinski definition) is 2. The average Bonchev–Trinajstić information content (AvgIpc) is 3.56. The third-order valence-corrected chi connectivity index (χ3v) is 5.81. The van der Waals surface area contributed by atoms with E-state index in [9.17, 15) is 9.59 Å². The van der Waals surface area contributed by atoms with E-state index in [2.05, 4.69) is 41.9 Å². The van der Waals surface area contributed by atoms with E-state index in [1.165, 1.54) is 0 Å². The number of nitrogens with one attached hydrogen (secondary N) is 1. The van der Waals surface area contributed by atoms with Gasteiger partial charge in [-0.3, -0.25) is 9.59 Å². The fourth-order valence-electron chi connectivity index (χ4n) is 3.83. The number of hydrogen-bond donors (Lipinski definition) is 1. The van der Waals surface area contributed by atoms with Crippen LogP contribution in [0.15, 0.2) is 66.7 Å². The monoisotopic (exact) mass is 427 g/mol. The highest BCUT2D eigenvalue weighted by Crippen LogP contribution is 2.22. The Kier molecular flexibility index (Phi) is 6.26. The number of nitrogens with zero attached hydrogens (tertiary/aromatic N) is 2. The topological polar surface area (TPSA) is 54.3 Å². The van der Waals surface area contributed by atoms with Crippen LogP contribution in [0.25, 0.3) is 11.8 Å². The molecular formula is C27H29N3O2. The summed E-state index contributed by atoms with van der Waals surface area (Å²) >= 11 is 0. The zero-order chi connectivity index (χ0) is 22.7. The van der Waals surface area contributed by atoms with Gasteiger partial charge < -0.3 is 14.8 Å². The number of amides is 2. The Morgan fingerprint density at radius 1 is 1.06 bits per heavy atom. The smallest absolute Gasteiger partial charge is 0.251 e. The Bertz CT molecular complexity index is 1140. The Morgan fingerprint density at radius 2 is 1.75 bits per heavy atom. The molecule has 0 unspecified atom stereocenters. The van der Waals surface area contributed by atoms with Crippen molar-refractivity contribution in [2.45, 2.75) is 39.3 Å². The van der Waals surface area contributed by atoms with Gasteiger partial charge in [-0.25, -0.2) is 0 Å². The Balaban J connectivity index is 1.39. The van der Waals surface area contributed by atoms with Crippen LogP contribution in [0.1, 0.15) is 45.7 Å². The summed E-state index contributed by atoms with van der Waals surface area (Å²) in [5, 5.41) is 2.99. The number of rotatable bonds is 7. The molecule has 5 nitrogen and oxygen atoms in total. The maximum Gasteiger partial charge on any atom is 0.251 e. The van der Waals surface area contributed by atoms with Crippen molar-refractivity contribution >= 4 is 17.9 Å². The van der Waals surface area contributed by atoms with Crippen molar-refractivity contribution in [3.63, 3.8) is 0 Å². The molecular weight excluding hydrogens is 398 g/mol. The first-order valence-corrected chi connectivity index (χ1v) is 11.0. The predicted molar refractivity (Wildman–Crippen MR) is 128 cm³/mol. The predicted octanol–water partition coefficient (Wildman–Crippen LogP) is 4.66. The molecule has 2 aromatic carbocycles. The largest absolute Gasteiger partial charge is 0.349 e. The minimum Gasteiger partial charge on any atom is -0.349 e. The van der Waals surface area contributed by atoms with Crippen LogP contribution in [0.4, 0.5) is 0 Å². The summed E-state index contributed by atoms with van der Waals surface area (Å²) in [6.07, 6.45) is 5.64. The Labute approximate surface area is 189 Å². The number of likely N-dealkylation sites (N-methyl/N-ethyl adjacent to an activating group) is 1. The Hall–Kier alpha value is -3.60. The average molecular weight is 428 g/mol. The lowest BCUT2D eigenvalue weighted by Gasteiger charge is -2.15. The normalized spacial score (nSPS) is 13.3. The SMILES string of the molecule is Cc1cc(/C=C/C(=O)N(C)Cc2ccc(C(=O)NC3CC3)cc2)c(C)n1-c1ccccc1. The Morgan fingerprint density at radius 3 is 2.41 bits per heavy atom. The first kappa shape index (κ1) is 21.6. The van der Waals surface area contributed by atoms with E-state index in [0.717, 1.165) is 41.0 Å². The number of carbonyl (C=O) groups excluding carboxylic acids is 2. The second-order valence-corrected chi connectivity index (χ2v) is 8.47. The molecule has 0 saturated heterocycles. The van der Waals surface area contributed by atoms with Gasteiger partial charge in [-0.15, -0.1) is 0 Å². The van der Waals surface area contributed by atoms with Crippen molar-refractivity contribution in [1.82, 2.24) is 14.8 Å². The summed E-state index contributed by atoms with van der Waals surface area (Å²) in [6.45, 7) is 4.62. The van der Waals surface area contributed by atoms with Crippen molar-refractivity contribution in [2.75, 3.05) is 7.05 Å². The van der Waals surface area contributed by atoms with E-state index >= 15 is 0 Å². The lowest BCUT2D eigenvalue weighted by atomic mass is 10.1. The van der Waals surface area contributed by atoms with Gasteiger partial charge in [-0.1, -0.05) is 30.3 Å². The molecule has 1 N–H and O–H groups in total. The van der Waals surface area contributed by atoms with Crippen molar-refractivity contribution in [3.05, 3.63) is 94.8 Å². The molecule has 0 radical (unpaired) electrons. The van der Waals surface area contributed by atoms with Crippen LogP contribution < -0.4 is 5.32 Å². The molecule has 0 spiro atoms.